The molecule has 0 aliphatic carbocycles. The van der Waals surface area contributed by atoms with Crippen molar-refractivity contribution < 1.29 is 4.79 Å². The Morgan fingerprint density at radius 2 is 2.09 bits per heavy atom. The molecule has 2 aromatic heterocycles. The van der Waals surface area contributed by atoms with E-state index in [1.54, 1.807) is 12.4 Å². The Balaban J connectivity index is 1.89. The van der Waals surface area contributed by atoms with Crippen LogP contribution in [-0.4, -0.2) is 50.2 Å². The topological polar surface area (TPSA) is 89.9 Å². The van der Waals surface area contributed by atoms with Crippen LogP contribution in [0.1, 0.15) is 38.8 Å². The number of hydrogen-bond acceptors (Lipinski definition) is 5. The molecule has 7 nitrogen and oxygen atoms in total. The average molecular weight is 316 g/mol. The van der Waals surface area contributed by atoms with Crippen molar-refractivity contribution in [3.63, 3.8) is 0 Å². The van der Waals surface area contributed by atoms with E-state index < -0.39 is 0 Å². The van der Waals surface area contributed by atoms with Gasteiger partial charge in [0.1, 0.15) is 5.52 Å². The highest BCUT2D eigenvalue weighted by Crippen LogP contribution is 2.32. The van der Waals surface area contributed by atoms with E-state index in [0.29, 0.717) is 19.6 Å². The summed E-state index contributed by atoms with van der Waals surface area (Å²) in [5.41, 5.74) is 7.85. The summed E-state index contributed by atoms with van der Waals surface area (Å²) in [4.78, 5) is 23.3. The van der Waals surface area contributed by atoms with Crippen LogP contribution in [-0.2, 0) is 11.3 Å². The van der Waals surface area contributed by atoms with Gasteiger partial charge in [0.15, 0.2) is 5.65 Å². The van der Waals surface area contributed by atoms with E-state index >= 15 is 0 Å². The van der Waals surface area contributed by atoms with Crippen molar-refractivity contribution >= 4 is 17.1 Å². The molecular weight excluding hydrogens is 292 g/mol. The Kier molecular flexibility index (Phi) is 4.06. The fraction of sp³-hybridized carbons (Fsp3) is 0.625. The fourth-order valence-corrected chi connectivity index (χ4v) is 3.12. The first-order valence-electron chi connectivity index (χ1n) is 8.08. The van der Waals surface area contributed by atoms with Crippen molar-refractivity contribution in [3.8, 4) is 0 Å². The van der Waals surface area contributed by atoms with E-state index in [2.05, 4.69) is 9.97 Å². The largest absolute Gasteiger partial charge is 0.342 e. The van der Waals surface area contributed by atoms with Gasteiger partial charge in [-0.1, -0.05) is 20.8 Å². The third-order valence-corrected chi connectivity index (χ3v) is 4.24. The molecule has 1 amide bonds. The maximum atomic E-state index is 12.5. The maximum absolute atomic E-state index is 12.5. The Bertz CT molecular complexity index is 717. The quantitative estimate of drug-likeness (QED) is 0.917. The highest BCUT2D eigenvalue weighted by molar-refractivity contribution is 5.82. The molecule has 3 rings (SSSR count). The molecule has 1 aliphatic heterocycles. The highest BCUT2D eigenvalue weighted by Gasteiger charge is 2.35. The van der Waals surface area contributed by atoms with E-state index in [1.165, 1.54) is 0 Å². The number of likely N-dealkylation sites (tertiary alicyclic amines) is 1. The normalized spacial score (nSPS) is 18.8. The van der Waals surface area contributed by atoms with Crippen molar-refractivity contribution in [1.82, 2.24) is 24.6 Å². The molecule has 2 aromatic rings. The van der Waals surface area contributed by atoms with Crippen LogP contribution in [0, 0.1) is 5.41 Å². The van der Waals surface area contributed by atoms with Gasteiger partial charge in [-0.3, -0.25) is 4.79 Å². The van der Waals surface area contributed by atoms with Crippen LogP contribution in [0.4, 0.5) is 0 Å². The molecule has 1 atom stereocenters. The van der Waals surface area contributed by atoms with Gasteiger partial charge >= 0.3 is 0 Å². The zero-order valence-electron chi connectivity index (χ0n) is 14.0. The average Bonchev–Trinajstić information content (AvgIpc) is 3.11. The predicted molar refractivity (Wildman–Crippen MR) is 87.8 cm³/mol. The van der Waals surface area contributed by atoms with Crippen LogP contribution in [0.15, 0.2) is 12.4 Å². The second-order valence-electron chi connectivity index (χ2n) is 7.11. The first kappa shape index (κ1) is 15.9. The molecule has 1 saturated heterocycles. The molecule has 0 aromatic carbocycles. The monoisotopic (exact) mass is 316 g/mol. The van der Waals surface area contributed by atoms with Crippen LogP contribution >= 0.6 is 0 Å². The van der Waals surface area contributed by atoms with Crippen molar-refractivity contribution in [2.45, 2.75) is 39.7 Å². The van der Waals surface area contributed by atoms with Gasteiger partial charge in [0.25, 0.3) is 0 Å². The first-order chi connectivity index (χ1) is 10.9. The summed E-state index contributed by atoms with van der Waals surface area (Å²) in [7, 11) is 0. The number of nitrogens with two attached hydrogens (primary N) is 1. The Morgan fingerprint density at radius 1 is 1.35 bits per heavy atom. The second kappa shape index (κ2) is 5.88. The molecule has 2 N–H and O–H groups in total. The van der Waals surface area contributed by atoms with Gasteiger partial charge < -0.3 is 10.6 Å². The lowest BCUT2D eigenvalue weighted by atomic mass is 9.95. The first-order valence-corrected chi connectivity index (χ1v) is 8.08. The summed E-state index contributed by atoms with van der Waals surface area (Å²) in [6.45, 7) is 8.46. The van der Waals surface area contributed by atoms with Crippen LogP contribution < -0.4 is 5.73 Å². The number of fused-ring (bicyclic) bond motifs is 1. The summed E-state index contributed by atoms with van der Waals surface area (Å²) >= 11 is 0. The SMILES string of the molecule is CC(C)(C)C(=O)N1CC[C@H](c2nn(CCN)c3nccnc23)C1. The van der Waals surface area contributed by atoms with E-state index in [9.17, 15) is 4.79 Å². The highest BCUT2D eigenvalue weighted by atomic mass is 16.2. The van der Waals surface area contributed by atoms with E-state index in [0.717, 1.165) is 29.8 Å². The minimum Gasteiger partial charge on any atom is -0.342 e. The lowest BCUT2D eigenvalue weighted by Gasteiger charge is -2.25. The number of carbonyl (C=O) groups excluding carboxylic acids is 1. The summed E-state index contributed by atoms with van der Waals surface area (Å²) in [5, 5.41) is 4.69. The molecule has 7 heteroatoms. The van der Waals surface area contributed by atoms with Gasteiger partial charge in [-0.2, -0.15) is 5.10 Å². The Morgan fingerprint density at radius 3 is 2.78 bits per heavy atom. The molecule has 0 radical (unpaired) electrons. The lowest BCUT2D eigenvalue weighted by Crippen LogP contribution is -2.37. The van der Waals surface area contributed by atoms with Crippen LogP contribution in [0.3, 0.4) is 0 Å². The van der Waals surface area contributed by atoms with Gasteiger partial charge in [-0.15, -0.1) is 0 Å². The Hall–Kier alpha value is -2.02. The molecule has 23 heavy (non-hydrogen) atoms. The fourth-order valence-electron chi connectivity index (χ4n) is 3.12. The number of aromatic nitrogens is 4. The molecule has 3 heterocycles. The van der Waals surface area contributed by atoms with Crippen LogP contribution in [0.2, 0.25) is 0 Å². The zero-order chi connectivity index (χ0) is 16.6. The minimum absolute atomic E-state index is 0.191. The molecule has 0 spiro atoms. The van der Waals surface area contributed by atoms with Crippen molar-refractivity contribution in [1.29, 1.82) is 0 Å². The zero-order valence-corrected chi connectivity index (χ0v) is 14.0. The van der Waals surface area contributed by atoms with Crippen molar-refractivity contribution in [3.05, 3.63) is 18.1 Å². The summed E-state index contributed by atoms with van der Waals surface area (Å²) in [6.07, 6.45) is 4.27. The van der Waals surface area contributed by atoms with E-state index in [4.69, 9.17) is 10.8 Å². The van der Waals surface area contributed by atoms with Gasteiger partial charge in [0, 0.05) is 43.4 Å². The van der Waals surface area contributed by atoms with E-state index in [-0.39, 0.29) is 17.2 Å². The van der Waals surface area contributed by atoms with Gasteiger partial charge in [-0.25, -0.2) is 14.6 Å². The summed E-state index contributed by atoms with van der Waals surface area (Å²) < 4.78 is 1.83. The molecule has 0 unspecified atom stereocenters. The molecule has 0 bridgehead atoms. The predicted octanol–water partition coefficient (Wildman–Crippen LogP) is 1.15. The van der Waals surface area contributed by atoms with Gasteiger partial charge in [-0.05, 0) is 6.42 Å². The summed E-state index contributed by atoms with van der Waals surface area (Å²) in [5.74, 6) is 0.399. The van der Waals surface area contributed by atoms with Crippen molar-refractivity contribution in [2.24, 2.45) is 11.1 Å². The maximum Gasteiger partial charge on any atom is 0.227 e. The van der Waals surface area contributed by atoms with Gasteiger partial charge in [0.05, 0.1) is 12.2 Å². The third-order valence-electron chi connectivity index (χ3n) is 4.24. The summed E-state index contributed by atoms with van der Waals surface area (Å²) in [6, 6.07) is 0. The number of amides is 1. The van der Waals surface area contributed by atoms with Crippen molar-refractivity contribution in [2.75, 3.05) is 19.6 Å². The van der Waals surface area contributed by atoms with E-state index in [1.807, 2.05) is 30.4 Å². The third kappa shape index (κ3) is 2.93. The minimum atomic E-state index is -0.352. The Labute approximate surface area is 135 Å². The van der Waals surface area contributed by atoms with Crippen LogP contribution in [0.25, 0.3) is 11.2 Å². The lowest BCUT2D eigenvalue weighted by molar-refractivity contribution is -0.138. The number of hydrogen-bond donors (Lipinski definition) is 1. The molecule has 124 valence electrons. The molecule has 1 aliphatic rings. The molecular formula is C16H24N6O. The van der Waals surface area contributed by atoms with Gasteiger partial charge in [0.2, 0.25) is 5.91 Å². The standard InChI is InChI=1S/C16H24N6O/c1-16(2,3)15(23)21-8-4-11(10-21)12-13-14(19-7-6-18-13)22(20-12)9-5-17/h6-7,11H,4-5,8-10,17H2,1-3H3/t11-/m0/s1. The number of carbonyl (C=O) groups is 1. The number of rotatable bonds is 3. The number of nitrogens with zero attached hydrogens (tertiary/aromatic N) is 5. The molecule has 0 saturated carbocycles. The molecule has 1 fully saturated rings. The smallest absolute Gasteiger partial charge is 0.227 e. The van der Waals surface area contributed by atoms with Crippen LogP contribution in [0.5, 0.6) is 0 Å². The second-order valence-corrected chi connectivity index (χ2v) is 7.11.